The molecule has 1 aliphatic rings. The van der Waals surface area contributed by atoms with Gasteiger partial charge in [0, 0.05) is 28.4 Å². The highest BCUT2D eigenvalue weighted by atomic mass is 127. The predicted octanol–water partition coefficient (Wildman–Crippen LogP) is 3.98. The van der Waals surface area contributed by atoms with Gasteiger partial charge in [-0.2, -0.15) is 0 Å². The number of aliphatic imine (C=N–C) groups is 1. The van der Waals surface area contributed by atoms with Gasteiger partial charge in [0.15, 0.2) is 12.8 Å². The molecule has 0 bridgehead atoms. The number of hydrogen-bond donors (Lipinski definition) is 2. The van der Waals surface area contributed by atoms with E-state index in [-0.39, 0.29) is 36.6 Å². The Morgan fingerprint density at radius 3 is 2.89 bits per heavy atom. The second-order valence-electron chi connectivity index (χ2n) is 6.05. The van der Waals surface area contributed by atoms with Crippen LogP contribution in [0.15, 0.2) is 29.3 Å². The van der Waals surface area contributed by atoms with E-state index in [1.165, 1.54) is 21.9 Å². The van der Waals surface area contributed by atoms with Crippen molar-refractivity contribution in [2.24, 2.45) is 4.99 Å². The van der Waals surface area contributed by atoms with Crippen LogP contribution in [0.3, 0.4) is 0 Å². The van der Waals surface area contributed by atoms with Crippen molar-refractivity contribution in [1.29, 1.82) is 0 Å². The highest BCUT2D eigenvalue weighted by Crippen LogP contribution is 2.29. The number of halogens is 2. The van der Waals surface area contributed by atoms with Gasteiger partial charge in [0.2, 0.25) is 0 Å². The van der Waals surface area contributed by atoms with E-state index in [2.05, 4.69) is 34.7 Å². The second kappa shape index (κ2) is 10.8. The first-order valence-corrected chi connectivity index (χ1v) is 9.56. The highest BCUT2D eigenvalue weighted by Gasteiger charge is 2.16. The molecule has 2 aromatic rings. The van der Waals surface area contributed by atoms with Crippen LogP contribution in [-0.4, -0.2) is 25.8 Å². The molecule has 1 aromatic heterocycles. The zero-order chi connectivity index (χ0) is 18.4. The van der Waals surface area contributed by atoms with Crippen molar-refractivity contribution in [3.8, 4) is 5.75 Å². The minimum Gasteiger partial charge on any atom is -0.467 e. The number of nitrogens with one attached hydrogen (secondary N) is 2. The fourth-order valence-corrected chi connectivity index (χ4v) is 3.64. The van der Waals surface area contributed by atoms with Gasteiger partial charge in [-0.3, -0.25) is 0 Å². The summed E-state index contributed by atoms with van der Waals surface area (Å²) in [5.41, 5.74) is 1.61. The van der Waals surface area contributed by atoms with Crippen LogP contribution in [0.25, 0.3) is 0 Å². The Kier molecular flexibility index (Phi) is 8.78. The van der Waals surface area contributed by atoms with Crippen LogP contribution in [0.1, 0.15) is 27.8 Å². The summed E-state index contributed by atoms with van der Waals surface area (Å²) >= 11 is 1.75. The van der Waals surface area contributed by atoms with E-state index in [1.807, 2.05) is 6.92 Å². The van der Waals surface area contributed by atoms with Crippen molar-refractivity contribution >= 4 is 41.3 Å². The largest absolute Gasteiger partial charge is 0.467 e. The Morgan fingerprint density at radius 1 is 1.30 bits per heavy atom. The normalized spacial score (nSPS) is 13.4. The quantitative estimate of drug-likeness (QED) is 0.355. The molecule has 0 amide bonds. The van der Waals surface area contributed by atoms with Gasteiger partial charge in [0.1, 0.15) is 11.6 Å². The molecule has 0 atom stereocenters. The molecule has 0 saturated carbocycles. The van der Waals surface area contributed by atoms with Crippen LogP contribution in [0.2, 0.25) is 0 Å². The standard InChI is InChI=1S/C19H24FN3O2S.HI/c1-3-21-19(23-10-17-5-4-13(2)26-17)22-7-6-14-8-16(20)9-15-11-24-12-25-18(14)15;/h4-5,8-9H,3,6-7,10-12H2,1-2H3,(H2,21,22,23);1H. The van der Waals surface area contributed by atoms with E-state index in [9.17, 15) is 4.39 Å². The molecule has 0 saturated heterocycles. The molecule has 1 aromatic carbocycles. The van der Waals surface area contributed by atoms with Gasteiger partial charge in [-0.1, -0.05) is 0 Å². The number of guanidine groups is 1. The fraction of sp³-hybridized carbons (Fsp3) is 0.421. The summed E-state index contributed by atoms with van der Waals surface area (Å²) in [6.45, 7) is 6.78. The number of benzene rings is 1. The van der Waals surface area contributed by atoms with Crippen molar-refractivity contribution in [2.45, 2.75) is 33.4 Å². The second-order valence-corrected chi connectivity index (χ2v) is 7.42. The third-order valence-electron chi connectivity index (χ3n) is 3.97. The van der Waals surface area contributed by atoms with Crippen LogP contribution in [0, 0.1) is 12.7 Å². The molecule has 0 radical (unpaired) electrons. The van der Waals surface area contributed by atoms with Crippen LogP contribution >= 0.6 is 35.3 Å². The molecule has 5 nitrogen and oxygen atoms in total. The zero-order valence-corrected chi connectivity index (χ0v) is 18.7. The molecule has 27 heavy (non-hydrogen) atoms. The number of rotatable bonds is 6. The van der Waals surface area contributed by atoms with E-state index >= 15 is 0 Å². The van der Waals surface area contributed by atoms with E-state index in [4.69, 9.17) is 9.47 Å². The number of nitrogens with zero attached hydrogens (tertiary/aromatic N) is 1. The summed E-state index contributed by atoms with van der Waals surface area (Å²) in [6.07, 6.45) is 0.641. The van der Waals surface area contributed by atoms with Crippen molar-refractivity contribution < 1.29 is 13.9 Å². The Labute approximate surface area is 180 Å². The smallest absolute Gasteiger partial charge is 0.191 e. The molecule has 148 valence electrons. The highest BCUT2D eigenvalue weighted by molar-refractivity contribution is 14.0. The van der Waals surface area contributed by atoms with E-state index in [0.29, 0.717) is 26.1 Å². The molecule has 3 rings (SSSR count). The van der Waals surface area contributed by atoms with Gasteiger partial charge in [-0.15, -0.1) is 35.3 Å². The minimum atomic E-state index is -0.263. The number of thiophene rings is 1. The summed E-state index contributed by atoms with van der Waals surface area (Å²) in [5.74, 6) is 1.24. The number of ether oxygens (including phenoxy) is 2. The number of aryl methyl sites for hydroxylation is 1. The maximum atomic E-state index is 13.8. The Hall–Kier alpha value is -1.39. The maximum absolute atomic E-state index is 13.8. The lowest BCUT2D eigenvalue weighted by atomic mass is 10.1. The fourth-order valence-electron chi connectivity index (χ4n) is 2.83. The first-order valence-electron chi connectivity index (χ1n) is 8.75. The Bertz CT molecular complexity index is 782. The summed E-state index contributed by atoms with van der Waals surface area (Å²) in [7, 11) is 0. The molecule has 8 heteroatoms. The molecule has 0 fully saturated rings. The van der Waals surface area contributed by atoms with Gasteiger partial charge >= 0.3 is 0 Å². The third-order valence-corrected chi connectivity index (χ3v) is 4.96. The van der Waals surface area contributed by atoms with E-state index in [1.54, 1.807) is 11.3 Å². The summed E-state index contributed by atoms with van der Waals surface area (Å²) in [6, 6.07) is 7.21. The van der Waals surface area contributed by atoms with Gasteiger partial charge in [-0.25, -0.2) is 9.38 Å². The van der Waals surface area contributed by atoms with E-state index in [0.717, 1.165) is 29.4 Å². The monoisotopic (exact) mass is 505 g/mol. The van der Waals surface area contributed by atoms with Crippen molar-refractivity contribution in [1.82, 2.24) is 10.6 Å². The first-order chi connectivity index (χ1) is 12.7. The first kappa shape index (κ1) is 21.9. The molecule has 0 aliphatic carbocycles. The van der Waals surface area contributed by atoms with Crippen LogP contribution < -0.4 is 15.4 Å². The molecular weight excluding hydrogens is 480 g/mol. The van der Waals surface area contributed by atoms with Gasteiger partial charge in [-0.05, 0) is 50.1 Å². The zero-order valence-electron chi connectivity index (χ0n) is 15.5. The van der Waals surface area contributed by atoms with Crippen LogP contribution in [0.5, 0.6) is 5.75 Å². The molecule has 2 N–H and O–H groups in total. The number of fused-ring (bicyclic) bond motifs is 1. The minimum absolute atomic E-state index is 0. The average molecular weight is 505 g/mol. The summed E-state index contributed by atoms with van der Waals surface area (Å²) in [5, 5.41) is 6.54. The third kappa shape index (κ3) is 6.32. The molecule has 0 unspecified atom stereocenters. The van der Waals surface area contributed by atoms with Gasteiger partial charge < -0.3 is 20.1 Å². The topological polar surface area (TPSA) is 54.9 Å². The van der Waals surface area contributed by atoms with Crippen molar-refractivity contribution in [3.05, 3.63) is 51.0 Å². The van der Waals surface area contributed by atoms with Gasteiger partial charge in [0.25, 0.3) is 0 Å². The molecule has 1 aliphatic heterocycles. The van der Waals surface area contributed by atoms with Crippen molar-refractivity contribution in [2.75, 3.05) is 19.9 Å². The molecule has 0 spiro atoms. The van der Waals surface area contributed by atoms with Crippen LogP contribution in [-0.2, 0) is 24.3 Å². The Morgan fingerprint density at radius 2 is 2.15 bits per heavy atom. The SMILES string of the molecule is CCNC(=NCc1ccc(C)s1)NCCc1cc(F)cc2c1OCOC2.I. The van der Waals surface area contributed by atoms with Crippen LogP contribution in [0.4, 0.5) is 4.39 Å². The summed E-state index contributed by atoms with van der Waals surface area (Å²) < 4.78 is 24.6. The lowest BCUT2D eigenvalue weighted by Gasteiger charge is -2.21. The van der Waals surface area contributed by atoms with Crippen molar-refractivity contribution in [3.63, 3.8) is 0 Å². The predicted molar refractivity (Wildman–Crippen MR) is 118 cm³/mol. The average Bonchev–Trinajstić information content (AvgIpc) is 3.05. The molecule has 2 heterocycles. The van der Waals surface area contributed by atoms with E-state index < -0.39 is 0 Å². The lowest BCUT2D eigenvalue weighted by Crippen LogP contribution is -2.38. The van der Waals surface area contributed by atoms with Gasteiger partial charge in [0.05, 0.1) is 13.2 Å². The Balaban J connectivity index is 0.00000261. The lowest BCUT2D eigenvalue weighted by molar-refractivity contribution is -0.0172. The number of hydrogen-bond acceptors (Lipinski definition) is 4. The molecular formula is C19H25FIN3O2S. The maximum Gasteiger partial charge on any atom is 0.191 e. The summed E-state index contributed by atoms with van der Waals surface area (Å²) in [4.78, 5) is 7.13.